The Balaban J connectivity index is 1.03. The van der Waals surface area contributed by atoms with Crippen molar-refractivity contribution in [2.45, 2.75) is 62.2 Å². The number of nitrogens with zero attached hydrogens (tertiary/aromatic N) is 1. The molecular formula is C34H36F3N3O2. The van der Waals surface area contributed by atoms with Crippen molar-refractivity contribution in [3.63, 3.8) is 0 Å². The minimum absolute atomic E-state index is 0.0677. The van der Waals surface area contributed by atoms with Gasteiger partial charge in [0.25, 0.3) is 0 Å². The number of nitrogens with one attached hydrogen (secondary N) is 2. The molecule has 5 nitrogen and oxygen atoms in total. The lowest BCUT2D eigenvalue weighted by Crippen LogP contribution is -2.49. The molecule has 2 atom stereocenters. The van der Waals surface area contributed by atoms with Crippen molar-refractivity contribution in [1.82, 2.24) is 15.5 Å². The van der Waals surface area contributed by atoms with Crippen LogP contribution in [0.4, 0.5) is 13.2 Å². The van der Waals surface area contributed by atoms with Gasteiger partial charge in [0.05, 0.1) is 0 Å². The summed E-state index contributed by atoms with van der Waals surface area (Å²) in [6.07, 6.45) is -0.472. The van der Waals surface area contributed by atoms with Crippen LogP contribution in [0, 0.1) is 5.92 Å². The molecule has 1 heterocycles. The predicted molar refractivity (Wildman–Crippen MR) is 156 cm³/mol. The summed E-state index contributed by atoms with van der Waals surface area (Å²) in [6, 6.07) is 25.0. The Labute approximate surface area is 244 Å². The van der Waals surface area contributed by atoms with E-state index in [1.807, 2.05) is 42.5 Å². The lowest BCUT2D eigenvalue weighted by atomic mass is 9.73. The number of alkyl halides is 3. The van der Waals surface area contributed by atoms with E-state index in [4.69, 9.17) is 0 Å². The van der Waals surface area contributed by atoms with Crippen molar-refractivity contribution >= 4 is 11.8 Å². The number of rotatable bonds is 9. The highest BCUT2D eigenvalue weighted by Crippen LogP contribution is 2.52. The fourth-order valence-electron chi connectivity index (χ4n) is 7.08. The second-order valence-electron chi connectivity index (χ2n) is 11.9. The van der Waals surface area contributed by atoms with E-state index < -0.39 is 17.6 Å². The monoisotopic (exact) mass is 575 g/mol. The molecule has 2 aliphatic carbocycles. The molecule has 3 aliphatic rings. The van der Waals surface area contributed by atoms with E-state index >= 15 is 0 Å². The van der Waals surface area contributed by atoms with Crippen molar-refractivity contribution in [2.24, 2.45) is 5.92 Å². The number of halogens is 3. The number of piperidine rings is 1. The van der Waals surface area contributed by atoms with Crippen LogP contribution in [-0.2, 0) is 15.0 Å². The van der Waals surface area contributed by atoms with Crippen LogP contribution in [-0.4, -0.2) is 48.7 Å². The Hall–Kier alpha value is -3.65. The fourth-order valence-corrected chi connectivity index (χ4v) is 7.08. The van der Waals surface area contributed by atoms with Crippen LogP contribution in [0.1, 0.15) is 61.1 Å². The molecule has 1 saturated carbocycles. The number of amides is 2. The first kappa shape index (κ1) is 28.5. The molecule has 0 spiro atoms. The van der Waals surface area contributed by atoms with E-state index in [-0.39, 0.29) is 17.9 Å². The summed E-state index contributed by atoms with van der Waals surface area (Å²) >= 11 is 0. The molecule has 0 bridgehead atoms. The number of carbonyl (C=O) groups is 2. The Kier molecular flexibility index (Phi) is 7.83. The summed E-state index contributed by atoms with van der Waals surface area (Å²) in [4.78, 5) is 28.6. The Morgan fingerprint density at radius 1 is 0.833 bits per heavy atom. The SMILES string of the molecule is O=C(NC1CCN(CCCCC2(C(=O)NC(F)(F)F)c3ccccc3-c3ccccc32)CC1)C1CC1c1ccccc1. The molecule has 3 aromatic rings. The summed E-state index contributed by atoms with van der Waals surface area (Å²) in [5.74, 6) is -0.472. The van der Waals surface area contributed by atoms with Gasteiger partial charge in [-0.2, -0.15) is 13.2 Å². The third kappa shape index (κ3) is 5.69. The summed E-state index contributed by atoms with van der Waals surface area (Å²) in [7, 11) is 0. The predicted octanol–water partition coefficient (Wildman–Crippen LogP) is 6.14. The molecule has 220 valence electrons. The zero-order chi connectivity index (χ0) is 29.3. The Morgan fingerprint density at radius 2 is 1.43 bits per heavy atom. The summed E-state index contributed by atoms with van der Waals surface area (Å²) in [6.45, 7) is 2.53. The van der Waals surface area contributed by atoms with Crippen molar-refractivity contribution in [2.75, 3.05) is 19.6 Å². The maximum absolute atomic E-state index is 13.4. The molecule has 2 unspecified atom stereocenters. The van der Waals surface area contributed by atoms with E-state index in [2.05, 4.69) is 22.3 Å². The molecule has 0 radical (unpaired) electrons. The molecule has 2 amide bonds. The van der Waals surface area contributed by atoms with Gasteiger partial charge in [-0.1, -0.05) is 85.3 Å². The molecule has 3 aromatic carbocycles. The average Bonchev–Trinajstić information content (AvgIpc) is 3.74. The van der Waals surface area contributed by atoms with Gasteiger partial charge >= 0.3 is 6.30 Å². The van der Waals surface area contributed by atoms with Gasteiger partial charge in [-0.25, -0.2) is 0 Å². The van der Waals surface area contributed by atoms with Crippen LogP contribution < -0.4 is 10.6 Å². The number of likely N-dealkylation sites (tertiary alicyclic amines) is 1. The first-order valence-electron chi connectivity index (χ1n) is 14.9. The smallest absolute Gasteiger partial charge is 0.353 e. The third-order valence-electron chi connectivity index (χ3n) is 9.27. The van der Waals surface area contributed by atoms with Crippen LogP contribution in [0.15, 0.2) is 78.9 Å². The van der Waals surface area contributed by atoms with Crippen LogP contribution >= 0.6 is 0 Å². The lowest BCUT2D eigenvalue weighted by Gasteiger charge is -2.33. The zero-order valence-corrected chi connectivity index (χ0v) is 23.5. The second kappa shape index (κ2) is 11.6. The molecule has 1 aliphatic heterocycles. The summed E-state index contributed by atoms with van der Waals surface area (Å²) in [5, 5.41) is 4.59. The van der Waals surface area contributed by atoms with Crippen LogP contribution in [0.5, 0.6) is 0 Å². The van der Waals surface area contributed by atoms with Crippen LogP contribution in [0.25, 0.3) is 11.1 Å². The van der Waals surface area contributed by atoms with E-state index in [1.165, 1.54) is 10.9 Å². The highest BCUT2D eigenvalue weighted by atomic mass is 19.4. The maximum Gasteiger partial charge on any atom is 0.484 e. The Morgan fingerprint density at radius 3 is 2.05 bits per heavy atom. The minimum Gasteiger partial charge on any atom is -0.353 e. The Bertz CT molecular complexity index is 1390. The number of hydrogen-bond acceptors (Lipinski definition) is 3. The largest absolute Gasteiger partial charge is 0.484 e. The van der Waals surface area contributed by atoms with Crippen LogP contribution in [0.2, 0.25) is 0 Å². The number of hydrogen-bond donors (Lipinski definition) is 2. The topological polar surface area (TPSA) is 61.4 Å². The first-order chi connectivity index (χ1) is 20.3. The lowest BCUT2D eigenvalue weighted by molar-refractivity contribution is -0.172. The first-order valence-corrected chi connectivity index (χ1v) is 14.9. The van der Waals surface area contributed by atoms with Gasteiger partial charge in [0, 0.05) is 25.0 Å². The second-order valence-corrected chi connectivity index (χ2v) is 11.9. The molecule has 42 heavy (non-hydrogen) atoms. The molecule has 1 saturated heterocycles. The van der Waals surface area contributed by atoms with E-state index in [9.17, 15) is 22.8 Å². The quantitative estimate of drug-likeness (QED) is 0.238. The molecule has 2 fully saturated rings. The van der Waals surface area contributed by atoms with Gasteiger partial charge in [-0.15, -0.1) is 0 Å². The van der Waals surface area contributed by atoms with Crippen LogP contribution in [0.3, 0.4) is 0 Å². The summed E-state index contributed by atoms with van der Waals surface area (Å²) < 4.78 is 40.2. The third-order valence-corrected chi connectivity index (χ3v) is 9.27. The van der Waals surface area contributed by atoms with Crippen molar-refractivity contribution in [1.29, 1.82) is 0 Å². The number of fused-ring (bicyclic) bond motifs is 3. The van der Waals surface area contributed by atoms with E-state index in [0.29, 0.717) is 29.9 Å². The molecular weight excluding hydrogens is 539 g/mol. The maximum atomic E-state index is 13.4. The van der Waals surface area contributed by atoms with E-state index in [1.54, 1.807) is 24.3 Å². The number of benzene rings is 3. The molecule has 0 aromatic heterocycles. The van der Waals surface area contributed by atoms with Gasteiger partial charge in [-0.3, -0.25) is 14.9 Å². The highest BCUT2D eigenvalue weighted by molar-refractivity contribution is 6.00. The van der Waals surface area contributed by atoms with Gasteiger partial charge < -0.3 is 10.2 Å². The highest BCUT2D eigenvalue weighted by Gasteiger charge is 2.51. The van der Waals surface area contributed by atoms with Gasteiger partial charge in [0.1, 0.15) is 5.41 Å². The molecule has 8 heteroatoms. The summed E-state index contributed by atoms with van der Waals surface area (Å²) in [5.41, 5.74) is 2.74. The average molecular weight is 576 g/mol. The standard InChI is InChI=1S/C34H36F3N3O2/c35-34(36,37)39-32(42)33(29-14-6-4-12-25(29)26-13-5-7-15-30(26)33)18-8-9-19-40-20-16-24(17-21-40)38-31(41)28-22-27(28)23-10-2-1-3-11-23/h1-7,10-15,24,27-28H,8-9,16-22H2,(H,38,41)(H,39,42). The number of unbranched alkanes of at least 4 members (excludes halogenated alkanes) is 1. The minimum atomic E-state index is -4.81. The van der Waals surface area contributed by atoms with Crippen molar-refractivity contribution in [3.8, 4) is 11.1 Å². The molecule has 2 N–H and O–H groups in total. The molecule has 6 rings (SSSR count). The zero-order valence-electron chi connectivity index (χ0n) is 23.5. The van der Waals surface area contributed by atoms with Gasteiger partial charge in [-0.05, 0) is 72.4 Å². The van der Waals surface area contributed by atoms with Crippen molar-refractivity contribution < 1.29 is 22.8 Å². The fraction of sp³-hybridized carbons (Fsp3) is 0.412. The number of carbonyl (C=O) groups excluding carboxylic acids is 2. The van der Waals surface area contributed by atoms with Gasteiger partial charge in [0.2, 0.25) is 11.8 Å². The van der Waals surface area contributed by atoms with Crippen molar-refractivity contribution in [3.05, 3.63) is 95.6 Å². The van der Waals surface area contributed by atoms with Gasteiger partial charge in [0.15, 0.2) is 0 Å². The normalized spacial score (nSPS) is 21.3. The van der Waals surface area contributed by atoms with E-state index in [0.717, 1.165) is 56.4 Å².